The molecule has 0 atom stereocenters. The van der Waals surface area contributed by atoms with Crippen molar-refractivity contribution < 1.29 is 19.1 Å². The van der Waals surface area contributed by atoms with E-state index in [0.717, 1.165) is 32.1 Å². The molecule has 0 spiro atoms. The second kappa shape index (κ2) is 14.1. The molecule has 0 aliphatic carbocycles. The third-order valence-corrected chi connectivity index (χ3v) is 2.33. The molecule has 0 radical (unpaired) electrons. The van der Waals surface area contributed by atoms with Crippen LogP contribution in [0.5, 0.6) is 0 Å². The van der Waals surface area contributed by atoms with Crippen molar-refractivity contribution in [1.82, 2.24) is 5.32 Å². The largest absolute Gasteiger partial charge is 0.379 e. The van der Waals surface area contributed by atoms with E-state index < -0.39 is 0 Å². The van der Waals surface area contributed by atoms with Gasteiger partial charge in [0.05, 0.1) is 26.4 Å². The molecular formula is C13H25NO4. The van der Waals surface area contributed by atoms with Crippen molar-refractivity contribution in [3.63, 3.8) is 0 Å². The average molecular weight is 259 g/mol. The molecule has 1 N–H and O–H groups in total. The number of nitrogens with one attached hydrogen (secondary N) is 1. The maximum atomic E-state index is 11.3. The molecule has 0 aromatic heterocycles. The van der Waals surface area contributed by atoms with E-state index in [9.17, 15) is 9.59 Å². The predicted molar refractivity (Wildman–Crippen MR) is 69.5 cm³/mol. The summed E-state index contributed by atoms with van der Waals surface area (Å²) in [5.74, 6) is 0.0352. The molecule has 18 heavy (non-hydrogen) atoms. The Morgan fingerprint density at radius 3 is 2.50 bits per heavy atom. The predicted octanol–water partition coefficient (Wildman–Crippen LogP) is 1.31. The molecule has 0 heterocycles. The Morgan fingerprint density at radius 1 is 1.11 bits per heavy atom. The van der Waals surface area contributed by atoms with Crippen LogP contribution in [0.15, 0.2) is 0 Å². The topological polar surface area (TPSA) is 64.6 Å². The maximum absolute atomic E-state index is 11.3. The second-order valence-electron chi connectivity index (χ2n) is 3.99. The molecule has 0 aliphatic rings. The zero-order valence-corrected chi connectivity index (χ0v) is 11.3. The van der Waals surface area contributed by atoms with Gasteiger partial charge in [0.25, 0.3) is 0 Å². The summed E-state index contributed by atoms with van der Waals surface area (Å²) in [5.41, 5.74) is 0. The van der Waals surface area contributed by atoms with Gasteiger partial charge in [-0.1, -0.05) is 19.8 Å². The SMILES string of the molecule is CCCCCNC(=O)CCOCCOCCC=O. The summed E-state index contributed by atoms with van der Waals surface area (Å²) >= 11 is 0. The van der Waals surface area contributed by atoms with E-state index in [2.05, 4.69) is 12.2 Å². The van der Waals surface area contributed by atoms with Crippen molar-refractivity contribution in [3.05, 3.63) is 0 Å². The molecule has 0 aromatic carbocycles. The molecule has 0 unspecified atom stereocenters. The van der Waals surface area contributed by atoms with Crippen LogP contribution < -0.4 is 5.32 Å². The molecule has 0 fully saturated rings. The summed E-state index contributed by atoms with van der Waals surface area (Å²) in [4.78, 5) is 21.3. The summed E-state index contributed by atoms with van der Waals surface area (Å²) in [6, 6.07) is 0. The number of carbonyl (C=O) groups excluding carboxylic acids is 2. The van der Waals surface area contributed by atoms with E-state index in [-0.39, 0.29) is 5.91 Å². The number of unbranched alkanes of at least 4 members (excludes halogenated alkanes) is 2. The summed E-state index contributed by atoms with van der Waals surface area (Å²) < 4.78 is 10.4. The Morgan fingerprint density at radius 2 is 1.83 bits per heavy atom. The lowest BCUT2D eigenvalue weighted by Crippen LogP contribution is -2.25. The lowest BCUT2D eigenvalue weighted by atomic mass is 10.2. The quantitative estimate of drug-likeness (QED) is 0.400. The Hall–Kier alpha value is -0.940. The van der Waals surface area contributed by atoms with Crippen LogP contribution in [0.3, 0.4) is 0 Å². The van der Waals surface area contributed by atoms with Crippen LogP contribution in [-0.2, 0) is 19.1 Å². The third-order valence-electron chi connectivity index (χ3n) is 2.33. The van der Waals surface area contributed by atoms with Gasteiger partial charge in [0, 0.05) is 19.4 Å². The minimum Gasteiger partial charge on any atom is -0.379 e. The van der Waals surface area contributed by atoms with Crippen molar-refractivity contribution >= 4 is 12.2 Å². The minimum absolute atomic E-state index is 0.0352. The first-order valence-corrected chi connectivity index (χ1v) is 6.67. The van der Waals surface area contributed by atoms with Gasteiger partial charge in [0.2, 0.25) is 5.91 Å². The smallest absolute Gasteiger partial charge is 0.222 e. The Kier molecular flexibility index (Phi) is 13.4. The highest BCUT2D eigenvalue weighted by atomic mass is 16.5. The van der Waals surface area contributed by atoms with Crippen LogP contribution in [0.4, 0.5) is 0 Å². The number of ether oxygens (including phenoxy) is 2. The molecule has 5 heteroatoms. The van der Waals surface area contributed by atoms with Gasteiger partial charge in [0.15, 0.2) is 0 Å². The van der Waals surface area contributed by atoms with Crippen molar-refractivity contribution in [3.8, 4) is 0 Å². The zero-order chi connectivity index (χ0) is 13.5. The highest BCUT2D eigenvalue weighted by Crippen LogP contribution is 1.92. The van der Waals surface area contributed by atoms with Crippen LogP contribution >= 0.6 is 0 Å². The number of hydrogen-bond donors (Lipinski definition) is 1. The monoisotopic (exact) mass is 259 g/mol. The molecule has 1 amide bonds. The number of hydrogen-bond acceptors (Lipinski definition) is 4. The van der Waals surface area contributed by atoms with E-state index in [1.54, 1.807) is 0 Å². The van der Waals surface area contributed by atoms with E-state index >= 15 is 0 Å². The van der Waals surface area contributed by atoms with Gasteiger partial charge in [0.1, 0.15) is 6.29 Å². The van der Waals surface area contributed by atoms with Gasteiger partial charge >= 0.3 is 0 Å². The van der Waals surface area contributed by atoms with Crippen molar-refractivity contribution in [2.75, 3.05) is 33.0 Å². The first kappa shape index (κ1) is 17.1. The fourth-order valence-electron chi connectivity index (χ4n) is 1.31. The minimum atomic E-state index is 0.0352. The first-order valence-electron chi connectivity index (χ1n) is 6.67. The average Bonchev–Trinajstić information content (AvgIpc) is 2.38. The third kappa shape index (κ3) is 13.1. The van der Waals surface area contributed by atoms with E-state index in [0.29, 0.717) is 39.3 Å². The first-order chi connectivity index (χ1) is 8.81. The van der Waals surface area contributed by atoms with E-state index in [4.69, 9.17) is 9.47 Å². The van der Waals surface area contributed by atoms with Crippen LogP contribution in [0.25, 0.3) is 0 Å². The molecule has 5 nitrogen and oxygen atoms in total. The maximum Gasteiger partial charge on any atom is 0.222 e. The summed E-state index contributed by atoms with van der Waals surface area (Å²) in [6.45, 7) is 4.66. The normalized spacial score (nSPS) is 10.3. The molecule has 0 aromatic rings. The molecule has 0 rings (SSSR count). The van der Waals surface area contributed by atoms with Gasteiger partial charge in [-0.2, -0.15) is 0 Å². The van der Waals surface area contributed by atoms with Crippen molar-refractivity contribution in [1.29, 1.82) is 0 Å². The fraction of sp³-hybridized carbons (Fsp3) is 0.846. The Bertz CT molecular complexity index is 209. The lowest BCUT2D eigenvalue weighted by molar-refractivity contribution is -0.122. The zero-order valence-electron chi connectivity index (χ0n) is 11.3. The summed E-state index contributed by atoms with van der Waals surface area (Å²) in [6.07, 6.45) is 4.97. The molecule has 0 bridgehead atoms. The van der Waals surface area contributed by atoms with E-state index in [1.807, 2.05) is 0 Å². The van der Waals surface area contributed by atoms with Crippen LogP contribution in [-0.4, -0.2) is 45.2 Å². The van der Waals surface area contributed by atoms with E-state index in [1.165, 1.54) is 0 Å². The van der Waals surface area contributed by atoms with Crippen LogP contribution in [0.1, 0.15) is 39.0 Å². The van der Waals surface area contributed by atoms with Gasteiger partial charge in [-0.15, -0.1) is 0 Å². The Labute approximate surface area is 109 Å². The van der Waals surface area contributed by atoms with Gasteiger partial charge in [-0.3, -0.25) is 4.79 Å². The molecule has 0 saturated heterocycles. The number of amides is 1. The molecule has 0 aliphatic heterocycles. The standard InChI is InChI=1S/C13H25NO4/c1-2-3-4-7-14-13(16)6-10-18-12-11-17-9-5-8-15/h8H,2-7,9-12H2,1H3,(H,14,16). The highest BCUT2D eigenvalue weighted by Gasteiger charge is 1.99. The molecular weight excluding hydrogens is 234 g/mol. The number of aldehydes is 1. The number of carbonyl (C=O) groups is 2. The van der Waals surface area contributed by atoms with Crippen LogP contribution in [0, 0.1) is 0 Å². The summed E-state index contributed by atoms with van der Waals surface area (Å²) in [7, 11) is 0. The van der Waals surface area contributed by atoms with Gasteiger partial charge in [-0.25, -0.2) is 0 Å². The van der Waals surface area contributed by atoms with Crippen LogP contribution in [0.2, 0.25) is 0 Å². The number of rotatable bonds is 13. The lowest BCUT2D eigenvalue weighted by Gasteiger charge is -2.06. The van der Waals surface area contributed by atoms with Gasteiger partial charge < -0.3 is 19.6 Å². The second-order valence-corrected chi connectivity index (χ2v) is 3.99. The molecule has 0 saturated carbocycles. The van der Waals surface area contributed by atoms with Crippen molar-refractivity contribution in [2.24, 2.45) is 0 Å². The Balaban J connectivity index is 3.12. The fourth-order valence-corrected chi connectivity index (χ4v) is 1.31. The van der Waals surface area contributed by atoms with Crippen molar-refractivity contribution in [2.45, 2.75) is 39.0 Å². The highest BCUT2D eigenvalue weighted by molar-refractivity contribution is 5.75. The molecule has 106 valence electrons. The van der Waals surface area contributed by atoms with Gasteiger partial charge in [-0.05, 0) is 6.42 Å². The summed E-state index contributed by atoms with van der Waals surface area (Å²) in [5, 5.41) is 2.85.